The Balaban J connectivity index is 1.67. The van der Waals surface area contributed by atoms with Crippen molar-refractivity contribution >= 4 is 27.5 Å². The average molecular weight is 453 g/mol. The summed E-state index contributed by atoms with van der Waals surface area (Å²) in [6.07, 6.45) is 5.22. The molecule has 0 amide bonds. The number of nitrogens with zero attached hydrogens (tertiary/aromatic N) is 1. The summed E-state index contributed by atoms with van der Waals surface area (Å²) in [5.74, 6) is 1.10. The van der Waals surface area contributed by atoms with E-state index in [1.54, 1.807) is 12.4 Å². The second-order valence-electron chi connectivity index (χ2n) is 7.06. The van der Waals surface area contributed by atoms with E-state index in [1.807, 2.05) is 42.5 Å². The lowest BCUT2D eigenvalue weighted by molar-refractivity contribution is 0.0896. The van der Waals surface area contributed by atoms with Gasteiger partial charge in [-0.05, 0) is 36.1 Å². The number of carbonyl (C=O) groups excluding carboxylic acids is 2. The first-order valence-electron chi connectivity index (χ1n) is 9.65. The molecule has 1 aliphatic rings. The van der Waals surface area contributed by atoms with Gasteiger partial charge in [0.25, 0.3) is 0 Å². The van der Waals surface area contributed by atoms with Crippen LogP contribution in [0.25, 0.3) is 0 Å². The molecule has 1 aromatic heterocycles. The fraction of sp³-hybridized carbons (Fsp3) is 0.261. The zero-order valence-corrected chi connectivity index (χ0v) is 17.4. The fourth-order valence-electron chi connectivity index (χ4n) is 3.77. The average Bonchev–Trinajstić information content (AvgIpc) is 3.29. The Bertz CT molecular complexity index is 1020. The van der Waals surface area contributed by atoms with E-state index in [0.717, 1.165) is 35.1 Å². The smallest absolute Gasteiger partial charge is 0.202 e. The Hall–Kier alpha value is -2.73. The quantitative estimate of drug-likeness (QED) is 0.394. The van der Waals surface area contributed by atoms with Gasteiger partial charge in [0.05, 0.1) is 6.42 Å². The van der Waals surface area contributed by atoms with Crippen LogP contribution < -0.4 is 4.74 Å². The minimum Gasteiger partial charge on any atom is -0.485 e. The van der Waals surface area contributed by atoms with Crippen molar-refractivity contribution in [1.29, 1.82) is 0 Å². The predicted molar refractivity (Wildman–Crippen MR) is 114 cm³/mol. The van der Waals surface area contributed by atoms with Crippen LogP contribution in [0.2, 0.25) is 0 Å². The molecule has 5 nitrogen and oxygen atoms in total. The van der Waals surface area contributed by atoms with Gasteiger partial charge < -0.3 is 9.72 Å². The first-order chi connectivity index (χ1) is 14.2. The van der Waals surface area contributed by atoms with Crippen LogP contribution in [0.15, 0.2) is 54.9 Å². The van der Waals surface area contributed by atoms with Gasteiger partial charge >= 0.3 is 0 Å². The number of alkyl halides is 1. The van der Waals surface area contributed by atoms with E-state index in [1.165, 1.54) is 0 Å². The molecule has 1 aliphatic carbocycles. The van der Waals surface area contributed by atoms with E-state index in [-0.39, 0.29) is 18.0 Å². The predicted octanol–water partition coefficient (Wildman–Crippen LogP) is 5.22. The van der Waals surface area contributed by atoms with Gasteiger partial charge in [0.1, 0.15) is 11.9 Å². The molecule has 0 radical (unpaired) electrons. The number of aromatic nitrogens is 2. The molecule has 3 aromatic rings. The molecule has 4 rings (SSSR count). The van der Waals surface area contributed by atoms with Crippen LogP contribution in [-0.4, -0.2) is 21.5 Å². The molecule has 1 N–H and O–H groups in total. The van der Waals surface area contributed by atoms with Gasteiger partial charge in [-0.1, -0.05) is 46.3 Å². The monoisotopic (exact) mass is 452 g/mol. The van der Waals surface area contributed by atoms with Crippen molar-refractivity contribution in [3.05, 3.63) is 82.9 Å². The number of aromatic amines is 1. The minimum absolute atomic E-state index is 0.114. The molecule has 0 saturated heterocycles. The number of H-pyrrole nitrogens is 1. The highest BCUT2D eigenvalue weighted by atomic mass is 79.9. The van der Waals surface area contributed by atoms with Crippen molar-refractivity contribution in [3.8, 4) is 5.75 Å². The number of benzene rings is 2. The molecule has 148 valence electrons. The normalized spacial score (nSPS) is 14.3. The van der Waals surface area contributed by atoms with E-state index in [0.29, 0.717) is 23.3 Å². The van der Waals surface area contributed by atoms with Crippen LogP contribution in [0.4, 0.5) is 0 Å². The van der Waals surface area contributed by atoms with Gasteiger partial charge in [-0.2, -0.15) is 0 Å². The Labute approximate surface area is 177 Å². The highest BCUT2D eigenvalue weighted by Crippen LogP contribution is 2.36. The summed E-state index contributed by atoms with van der Waals surface area (Å²) < 4.78 is 6.39. The maximum atomic E-state index is 12.7. The third-order valence-corrected chi connectivity index (χ3v) is 5.79. The van der Waals surface area contributed by atoms with Gasteiger partial charge in [0.2, 0.25) is 5.78 Å². The van der Waals surface area contributed by atoms with Crippen molar-refractivity contribution < 1.29 is 14.3 Å². The Kier molecular flexibility index (Phi) is 5.90. The first kappa shape index (κ1) is 19.6. The van der Waals surface area contributed by atoms with E-state index < -0.39 is 6.10 Å². The second kappa shape index (κ2) is 8.74. The van der Waals surface area contributed by atoms with Crippen molar-refractivity contribution in [2.75, 3.05) is 0 Å². The van der Waals surface area contributed by atoms with Crippen molar-refractivity contribution in [1.82, 2.24) is 9.97 Å². The molecule has 6 heteroatoms. The topological polar surface area (TPSA) is 72.1 Å². The summed E-state index contributed by atoms with van der Waals surface area (Å²) in [5, 5.41) is 0.590. The van der Waals surface area contributed by atoms with Gasteiger partial charge in [-0.3, -0.25) is 9.59 Å². The van der Waals surface area contributed by atoms with Crippen LogP contribution >= 0.6 is 15.9 Å². The lowest BCUT2D eigenvalue weighted by Crippen LogP contribution is -2.17. The number of nitrogens with one attached hydrogen (secondary N) is 1. The van der Waals surface area contributed by atoms with Crippen molar-refractivity contribution in [2.24, 2.45) is 0 Å². The highest BCUT2D eigenvalue weighted by Gasteiger charge is 2.25. The maximum Gasteiger partial charge on any atom is 0.202 e. The molecule has 1 heterocycles. The Morgan fingerprint density at radius 3 is 2.72 bits per heavy atom. The number of halogens is 1. The molecule has 0 fully saturated rings. The van der Waals surface area contributed by atoms with Crippen LogP contribution in [0.5, 0.6) is 5.75 Å². The number of Topliss-reactive ketones (excluding diaryl/α,β-unsaturated/α-hetero) is 2. The van der Waals surface area contributed by atoms with E-state index in [9.17, 15) is 9.59 Å². The number of hydrogen-bond acceptors (Lipinski definition) is 4. The van der Waals surface area contributed by atoms with Gasteiger partial charge in [-0.25, -0.2) is 4.98 Å². The Morgan fingerprint density at radius 1 is 1.17 bits per heavy atom. The lowest BCUT2D eigenvalue weighted by atomic mass is 9.87. The summed E-state index contributed by atoms with van der Waals surface area (Å²) in [7, 11) is 0. The second-order valence-corrected chi connectivity index (χ2v) is 7.62. The summed E-state index contributed by atoms with van der Waals surface area (Å²) >= 11 is 3.56. The molecule has 0 unspecified atom stereocenters. The highest BCUT2D eigenvalue weighted by molar-refractivity contribution is 9.08. The van der Waals surface area contributed by atoms with Crippen molar-refractivity contribution in [3.63, 3.8) is 0 Å². The number of ether oxygens (including phenoxy) is 1. The number of carbonyl (C=O) groups is 2. The minimum atomic E-state index is -0.455. The van der Waals surface area contributed by atoms with Gasteiger partial charge in [0.15, 0.2) is 11.6 Å². The van der Waals surface area contributed by atoms with Gasteiger partial charge in [0, 0.05) is 35.3 Å². The molecule has 2 aromatic carbocycles. The number of ketones is 2. The molecule has 1 atom stereocenters. The summed E-state index contributed by atoms with van der Waals surface area (Å²) in [6, 6.07) is 13.4. The van der Waals surface area contributed by atoms with Crippen LogP contribution in [0, 0.1) is 0 Å². The number of fused-ring (bicyclic) bond motifs is 1. The van der Waals surface area contributed by atoms with E-state index >= 15 is 0 Å². The SMILES string of the molecule is O=C(C[C@H](Oc1ccc2c(c1CBr)CCCC2=O)c1ccccc1)c1ncc[nH]1. The largest absolute Gasteiger partial charge is 0.485 e. The zero-order valence-electron chi connectivity index (χ0n) is 15.9. The van der Waals surface area contributed by atoms with Crippen molar-refractivity contribution in [2.45, 2.75) is 37.1 Å². The fourth-order valence-corrected chi connectivity index (χ4v) is 4.38. The molecule has 0 bridgehead atoms. The molecule has 0 spiro atoms. The van der Waals surface area contributed by atoms with Crippen LogP contribution in [0.1, 0.15) is 63.0 Å². The number of imidazole rings is 1. The molecule has 0 saturated carbocycles. The maximum absolute atomic E-state index is 12.7. The first-order valence-corrected chi connectivity index (χ1v) is 10.8. The third-order valence-electron chi connectivity index (χ3n) is 5.23. The molecular weight excluding hydrogens is 432 g/mol. The molecule has 0 aliphatic heterocycles. The molecular formula is C23H21BrN2O3. The molecule has 29 heavy (non-hydrogen) atoms. The van der Waals surface area contributed by atoms with E-state index in [4.69, 9.17) is 4.74 Å². The number of rotatable bonds is 7. The standard InChI is InChI=1S/C23H21BrN2O3/c24-14-18-16-7-4-8-19(27)17(16)9-10-21(18)29-22(15-5-2-1-3-6-15)13-20(28)23-25-11-12-26-23/h1-3,5-6,9-12,22H,4,7-8,13-14H2,(H,25,26)/t22-/m0/s1. The van der Waals surface area contributed by atoms with Crippen LogP contribution in [0.3, 0.4) is 0 Å². The van der Waals surface area contributed by atoms with Crippen LogP contribution in [-0.2, 0) is 11.8 Å². The summed E-state index contributed by atoms with van der Waals surface area (Å²) in [4.78, 5) is 31.9. The zero-order chi connectivity index (χ0) is 20.2. The van der Waals surface area contributed by atoms with E-state index in [2.05, 4.69) is 25.9 Å². The Morgan fingerprint density at radius 2 is 2.00 bits per heavy atom. The summed E-state index contributed by atoms with van der Waals surface area (Å²) in [6.45, 7) is 0. The number of hydrogen-bond donors (Lipinski definition) is 1. The third kappa shape index (κ3) is 4.17. The summed E-state index contributed by atoms with van der Waals surface area (Å²) in [5.41, 5.74) is 3.75. The lowest BCUT2D eigenvalue weighted by Gasteiger charge is -2.24. The van der Waals surface area contributed by atoms with Gasteiger partial charge in [-0.15, -0.1) is 0 Å².